The number of carboxylic acid groups (broad SMARTS) is 1. The van der Waals surface area contributed by atoms with Crippen LogP contribution >= 0.6 is 0 Å². The van der Waals surface area contributed by atoms with E-state index in [-0.39, 0.29) is 24.3 Å². The predicted molar refractivity (Wildman–Crippen MR) is 74.2 cm³/mol. The first-order valence-corrected chi connectivity index (χ1v) is 6.74. The molecule has 1 aliphatic rings. The third kappa shape index (κ3) is 4.12. The number of nitrogens with one attached hydrogen (secondary N) is 1. The molecule has 114 valence electrons. The van der Waals surface area contributed by atoms with E-state index in [0.717, 1.165) is 25.9 Å². The maximum atomic E-state index is 11.4. The minimum absolute atomic E-state index is 0.0320. The van der Waals surface area contributed by atoms with Crippen LogP contribution in [0.3, 0.4) is 0 Å². The maximum Gasteiger partial charge on any atom is 0.329 e. The highest BCUT2D eigenvalue weighted by Gasteiger charge is 2.21. The zero-order chi connectivity index (χ0) is 15.2. The minimum atomic E-state index is -0.951. The molecular weight excluding hydrogens is 276 g/mol. The van der Waals surface area contributed by atoms with Crippen LogP contribution in [0.4, 0.5) is 5.82 Å². The quantitative estimate of drug-likeness (QED) is 0.781. The van der Waals surface area contributed by atoms with Crippen LogP contribution in [0.2, 0.25) is 0 Å². The van der Waals surface area contributed by atoms with Crippen molar-refractivity contribution in [1.82, 2.24) is 15.5 Å². The Morgan fingerprint density at radius 3 is 2.62 bits per heavy atom. The zero-order valence-corrected chi connectivity index (χ0v) is 11.8. The van der Waals surface area contributed by atoms with Crippen molar-refractivity contribution in [2.45, 2.75) is 18.9 Å². The van der Waals surface area contributed by atoms with Crippen molar-refractivity contribution in [3.63, 3.8) is 0 Å². The first-order valence-electron chi connectivity index (χ1n) is 6.74. The number of amides is 1. The summed E-state index contributed by atoms with van der Waals surface area (Å²) in [5, 5.41) is 19.0. The molecule has 0 bridgehead atoms. The number of ether oxygens (including phenoxy) is 1. The van der Waals surface area contributed by atoms with E-state index in [2.05, 4.69) is 15.5 Å². The Labute approximate surface area is 122 Å². The topological polar surface area (TPSA) is 105 Å². The number of hydrogen-bond acceptors (Lipinski definition) is 6. The lowest BCUT2D eigenvalue weighted by atomic mass is 10.1. The highest BCUT2D eigenvalue weighted by atomic mass is 16.5. The molecule has 8 nitrogen and oxygen atoms in total. The molecule has 1 aliphatic heterocycles. The van der Waals surface area contributed by atoms with E-state index in [9.17, 15) is 9.59 Å². The van der Waals surface area contributed by atoms with Gasteiger partial charge >= 0.3 is 5.97 Å². The Hall–Kier alpha value is -2.22. The summed E-state index contributed by atoms with van der Waals surface area (Å²) in [4.78, 5) is 23.9. The summed E-state index contributed by atoms with van der Waals surface area (Å²) in [6, 6.07) is 3.39. The van der Waals surface area contributed by atoms with Crippen LogP contribution in [-0.2, 0) is 9.53 Å². The van der Waals surface area contributed by atoms with E-state index in [1.165, 1.54) is 0 Å². The van der Waals surface area contributed by atoms with Crippen molar-refractivity contribution < 1.29 is 19.4 Å². The summed E-state index contributed by atoms with van der Waals surface area (Å²) in [6.07, 6.45) is 1.45. The van der Waals surface area contributed by atoms with Crippen molar-refractivity contribution in [2.75, 3.05) is 31.6 Å². The molecule has 0 aromatic carbocycles. The monoisotopic (exact) mass is 294 g/mol. The number of piperidine rings is 1. The third-order valence-corrected chi connectivity index (χ3v) is 3.32. The molecule has 0 aliphatic carbocycles. The minimum Gasteiger partial charge on any atom is -0.480 e. The number of nitrogens with zero attached hydrogens (tertiary/aromatic N) is 3. The van der Waals surface area contributed by atoms with Gasteiger partial charge in [0.2, 0.25) is 0 Å². The first-order chi connectivity index (χ1) is 10.1. The summed E-state index contributed by atoms with van der Waals surface area (Å²) < 4.78 is 5.28. The summed E-state index contributed by atoms with van der Waals surface area (Å²) in [7, 11) is 1.54. The smallest absolute Gasteiger partial charge is 0.329 e. The molecule has 1 amide bonds. The number of anilines is 1. The van der Waals surface area contributed by atoms with Gasteiger partial charge in [-0.05, 0) is 25.0 Å². The zero-order valence-electron chi connectivity index (χ0n) is 11.8. The van der Waals surface area contributed by atoms with Crippen LogP contribution in [0.5, 0.6) is 0 Å². The molecule has 0 atom stereocenters. The lowest BCUT2D eigenvalue weighted by Gasteiger charge is -2.32. The molecule has 0 unspecified atom stereocenters. The molecule has 2 N–H and O–H groups in total. The third-order valence-electron chi connectivity index (χ3n) is 3.32. The summed E-state index contributed by atoms with van der Waals surface area (Å²) in [5.74, 6) is -0.512. The molecule has 0 radical (unpaired) electrons. The average Bonchev–Trinajstić information content (AvgIpc) is 2.53. The Morgan fingerprint density at radius 1 is 1.38 bits per heavy atom. The van der Waals surface area contributed by atoms with E-state index in [1.807, 2.05) is 4.90 Å². The molecule has 1 saturated heterocycles. The number of hydrogen-bond donors (Lipinski definition) is 2. The summed E-state index contributed by atoms with van der Waals surface area (Å²) in [5.41, 5.74) is 0.279. The standard InChI is InChI=1S/C13H18N4O4/c1-14-13(20)10-2-3-11(16-15-10)17-6-4-9(5-7-17)21-8-12(18)19/h2-3,9H,4-8H2,1H3,(H,14,20)(H,18,19). The molecule has 1 aromatic heterocycles. The van der Waals surface area contributed by atoms with Crippen LogP contribution in [0.15, 0.2) is 12.1 Å². The number of aromatic nitrogens is 2. The fourth-order valence-electron chi connectivity index (χ4n) is 2.18. The average molecular weight is 294 g/mol. The van der Waals surface area contributed by atoms with Gasteiger partial charge in [-0.1, -0.05) is 0 Å². The molecule has 1 fully saturated rings. The number of carbonyl (C=O) groups is 2. The second-order valence-electron chi connectivity index (χ2n) is 4.75. The van der Waals surface area contributed by atoms with Gasteiger partial charge in [0, 0.05) is 20.1 Å². The molecular formula is C13H18N4O4. The molecule has 8 heteroatoms. The number of carboxylic acids is 1. The van der Waals surface area contributed by atoms with E-state index in [4.69, 9.17) is 9.84 Å². The van der Waals surface area contributed by atoms with Crippen LogP contribution in [0.25, 0.3) is 0 Å². The van der Waals surface area contributed by atoms with E-state index >= 15 is 0 Å². The Kier molecular flexibility index (Phi) is 5.04. The summed E-state index contributed by atoms with van der Waals surface area (Å²) >= 11 is 0. The lowest BCUT2D eigenvalue weighted by molar-refractivity contribution is -0.144. The number of rotatable bonds is 5. The first kappa shape index (κ1) is 15.2. The Morgan fingerprint density at radius 2 is 2.10 bits per heavy atom. The second kappa shape index (κ2) is 6.98. The molecule has 0 spiro atoms. The van der Waals surface area contributed by atoms with Gasteiger partial charge in [0.15, 0.2) is 11.5 Å². The van der Waals surface area contributed by atoms with Crippen LogP contribution in [0, 0.1) is 0 Å². The largest absolute Gasteiger partial charge is 0.480 e. The van der Waals surface area contributed by atoms with Gasteiger partial charge < -0.3 is 20.1 Å². The van der Waals surface area contributed by atoms with Crippen molar-refractivity contribution in [1.29, 1.82) is 0 Å². The molecule has 2 heterocycles. The second-order valence-corrected chi connectivity index (χ2v) is 4.75. The maximum absolute atomic E-state index is 11.4. The Bertz CT molecular complexity index is 497. The fraction of sp³-hybridized carbons (Fsp3) is 0.538. The lowest BCUT2D eigenvalue weighted by Crippen LogP contribution is -2.38. The van der Waals surface area contributed by atoms with Gasteiger partial charge in [0.05, 0.1) is 6.10 Å². The molecule has 21 heavy (non-hydrogen) atoms. The van der Waals surface area contributed by atoms with Gasteiger partial charge in [-0.3, -0.25) is 4.79 Å². The van der Waals surface area contributed by atoms with Crippen molar-refractivity contribution in [3.05, 3.63) is 17.8 Å². The fourth-order valence-corrected chi connectivity index (χ4v) is 2.18. The SMILES string of the molecule is CNC(=O)c1ccc(N2CCC(OCC(=O)O)CC2)nn1. The number of aliphatic carboxylic acids is 1. The molecule has 2 rings (SSSR count). The highest BCUT2D eigenvalue weighted by Crippen LogP contribution is 2.19. The van der Waals surface area contributed by atoms with Crippen LogP contribution in [0.1, 0.15) is 23.3 Å². The van der Waals surface area contributed by atoms with Crippen LogP contribution in [-0.4, -0.2) is 60.0 Å². The van der Waals surface area contributed by atoms with E-state index in [1.54, 1.807) is 19.2 Å². The van der Waals surface area contributed by atoms with Gasteiger partial charge in [0.1, 0.15) is 6.61 Å². The van der Waals surface area contributed by atoms with Crippen molar-refractivity contribution >= 4 is 17.7 Å². The van der Waals surface area contributed by atoms with Gasteiger partial charge in [0.25, 0.3) is 5.91 Å². The van der Waals surface area contributed by atoms with Crippen molar-refractivity contribution in [3.8, 4) is 0 Å². The van der Waals surface area contributed by atoms with Gasteiger partial charge in [-0.2, -0.15) is 0 Å². The molecule has 1 aromatic rings. The number of carbonyl (C=O) groups excluding carboxylic acids is 1. The van der Waals surface area contributed by atoms with Gasteiger partial charge in [-0.15, -0.1) is 10.2 Å². The Balaban J connectivity index is 1.87. The predicted octanol–water partition coefficient (Wildman–Crippen LogP) is -0.0938. The van der Waals surface area contributed by atoms with Gasteiger partial charge in [-0.25, -0.2) is 4.79 Å². The van der Waals surface area contributed by atoms with Crippen molar-refractivity contribution in [2.24, 2.45) is 0 Å². The highest BCUT2D eigenvalue weighted by molar-refractivity contribution is 5.91. The summed E-state index contributed by atoms with van der Waals surface area (Å²) in [6.45, 7) is 1.18. The van der Waals surface area contributed by atoms with Crippen LogP contribution < -0.4 is 10.2 Å². The van der Waals surface area contributed by atoms with E-state index < -0.39 is 5.97 Å². The molecule has 0 saturated carbocycles. The van der Waals surface area contributed by atoms with E-state index in [0.29, 0.717) is 5.82 Å². The normalized spacial score (nSPS) is 15.8.